The van der Waals surface area contributed by atoms with Gasteiger partial charge in [0.05, 0.1) is 5.69 Å². The number of hydrogen-bond acceptors (Lipinski definition) is 5. The molecule has 152 valence electrons. The number of aromatic nitrogens is 1. The van der Waals surface area contributed by atoms with E-state index in [1.165, 1.54) is 19.1 Å². The average molecular weight is 435 g/mol. The van der Waals surface area contributed by atoms with Crippen molar-refractivity contribution in [1.29, 1.82) is 0 Å². The van der Waals surface area contributed by atoms with Gasteiger partial charge in [-0.25, -0.2) is 4.98 Å². The van der Waals surface area contributed by atoms with Crippen LogP contribution in [0.25, 0.3) is 0 Å². The first-order chi connectivity index (χ1) is 13.8. The summed E-state index contributed by atoms with van der Waals surface area (Å²) in [5.41, 5.74) is 1.99. The van der Waals surface area contributed by atoms with Gasteiger partial charge < -0.3 is 15.1 Å². The van der Waals surface area contributed by atoms with Crippen molar-refractivity contribution in [2.75, 3.05) is 36.4 Å². The zero-order valence-electron chi connectivity index (χ0n) is 15.8. The number of amides is 2. The van der Waals surface area contributed by atoms with Gasteiger partial charge in [0.1, 0.15) is 11.6 Å². The molecular formula is C20H20Cl2N4O3. The molecule has 0 atom stereocenters. The lowest BCUT2D eigenvalue weighted by atomic mass is 10.1. The van der Waals surface area contributed by atoms with E-state index in [-0.39, 0.29) is 28.4 Å². The molecular weight excluding hydrogens is 415 g/mol. The topological polar surface area (TPSA) is 82.6 Å². The first kappa shape index (κ1) is 21.1. The summed E-state index contributed by atoms with van der Waals surface area (Å²) in [7, 11) is 0. The highest BCUT2D eigenvalue weighted by atomic mass is 35.5. The Balaban J connectivity index is 1.50. The predicted octanol–water partition coefficient (Wildman–Crippen LogP) is 3.27. The maximum atomic E-state index is 12.4. The molecule has 1 saturated heterocycles. The lowest BCUT2D eigenvalue weighted by molar-refractivity contribution is -0.134. The van der Waals surface area contributed by atoms with Crippen LogP contribution in [0.1, 0.15) is 23.7 Å². The molecule has 0 radical (unpaired) electrons. The summed E-state index contributed by atoms with van der Waals surface area (Å²) in [5, 5.41) is 2.87. The summed E-state index contributed by atoms with van der Waals surface area (Å²) >= 11 is 11.7. The Bertz CT molecular complexity index is 926. The van der Waals surface area contributed by atoms with E-state index in [0.717, 1.165) is 5.69 Å². The summed E-state index contributed by atoms with van der Waals surface area (Å²) in [5.74, 6) is -0.670. The molecule has 0 unspecified atom stereocenters. The fraction of sp³-hybridized carbons (Fsp3) is 0.300. The Hall–Kier alpha value is -2.64. The van der Waals surface area contributed by atoms with Gasteiger partial charge in [0.15, 0.2) is 10.9 Å². The van der Waals surface area contributed by atoms with E-state index in [1.54, 1.807) is 17.0 Å². The molecule has 1 aliphatic rings. The van der Waals surface area contributed by atoms with Crippen LogP contribution in [0.2, 0.25) is 10.3 Å². The number of carbonyl (C=O) groups is 3. The van der Waals surface area contributed by atoms with Gasteiger partial charge in [-0.05, 0) is 43.3 Å². The Morgan fingerprint density at radius 1 is 1.00 bits per heavy atom. The van der Waals surface area contributed by atoms with Crippen molar-refractivity contribution < 1.29 is 14.4 Å². The molecule has 29 heavy (non-hydrogen) atoms. The molecule has 0 saturated carbocycles. The molecule has 0 bridgehead atoms. The van der Waals surface area contributed by atoms with Gasteiger partial charge in [-0.3, -0.25) is 14.4 Å². The van der Waals surface area contributed by atoms with Crippen LogP contribution >= 0.6 is 23.2 Å². The van der Waals surface area contributed by atoms with Crippen LogP contribution in [0.5, 0.6) is 0 Å². The van der Waals surface area contributed by atoms with Crippen LogP contribution in [0.15, 0.2) is 36.4 Å². The second kappa shape index (κ2) is 9.24. The smallest absolute Gasteiger partial charge is 0.233 e. The highest BCUT2D eigenvalue weighted by molar-refractivity contribution is 6.34. The normalized spacial score (nSPS) is 13.9. The average Bonchev–Trinajstić information content (AvgIpc) is 2.70. The molecule has 1 aromatic carbocycles. The highest BCUT2D eigenvalue weighted by Gasteiger charge is 2.23. The SMILES string of the molecule is CC(=O)c1ccc(N2CCN(C(=O)CC(=O)Nc3ccc(Cl)nc3Cl)CC2)cc1. The van der Waals surface area contributed by atoms with Crippen LogP contribution in [-0.4, -0.2) is 53.7 Å². The quantitative estimate of drug-likeness (QED) is 0.443. The minimum absolute atomic E-state index is 0.0286. The third-order valence-electron chi connectivity index (χ3n) is 4.67. The van der Waals surface area contributed by atoms with Crippen molar-refractivity contribution >= 4 is 52.2 Å². The Kier molecular flexibility index (Phi) is 6.71. The van der Waals surface area contributed by atoms with Crippen LogP contribution in [-0.2, 0) is 9.59 Å². The summed E-state index contributed by atoms with van der Waals surface area (Å²) in [6, 6.07) is 10.5. The minimum atomic E-state index is -0.455. The summed E-state index contributed by atoms with van der Waals surface area (Å²) < 4.78 is 0. The first-order valence-electron chi connectivity index (χ1n) is 9.09. The maximum absolute atomic E-state index is 12.4. The molecule has 1 aliphatic heterocycles. The van der Waals surface area contributed by atoms with Crippen molar-refractivity contribution in [3.63, 3.8) is 0 Å². The van der Waals surface area contributed by atoms with Gasteiger partial charge in [0, 0.05) is 37.4 Å². The van der Waals surface area contributed by atoms with Crippen LogP contribution in [0.4, 0.5) is 11.4 Å². The highest BCUT2D eigenvalue weighted by Crippen LogP contribution is 2.22. The number of nitrogens with one attached hydrogen (secondary N) is 1. The standard InChI is InChI=1S/C20H20Cl2N4O3/c1-13(27)14-2-4-15(5-3-14)25-8-10-26(11-9-25)19(29)12-18(28)23-16-6-7-17(21)24-20(16)22/h2-7H,8-12H2,1H3,(H,23,28). The van der Waals surface area contributed by atoms with Crippen molar-refractivity contribution in [2.45, 2.75) is 13.3 Å². The second-order valence-corrected chi connectivity index (χ2v) is 7.41. The maximum Gasteiger partial charge on any atom is 0.233 e. The molecule has 2 aromatic rings. The minimum Gasteiger partial charge on any atom is -0.368 e. The molecule has 3 rings (SSSR count). The molecule has 9 heteroatoms. The molecule has 7 nitrogen and oxygen atoms in total. The van der Waals surface area contributed by atoms with E-state index >= 15 is 0 Å². The van der Waals surface area contributed by atoms with E-state index in [9.17, 15) is 14.4 Å². The number of halogens is 2. The third kappa shape index (κ3) is 5.46. The van der Waals surface area contributed by atoms with Crippen molar-refractivity contribution in [2.24, 2.45) is 0 Å². The van der Waals surface area contributed by atoms with Gasteiger partial charge in [-0.1, -0.05) is 23.2 Å². The molecule has 0 spiro atoms. The summed E-state index contributed by atoms with van der Waals surface area (Å²) in [4.78, 5) is 43.6. The molecule has 1 aromatic heterocycles. The number of carbonyl (C=O) groups excluding carboxylic acids is 3. The molecule has 2 amide bonds. The third-order valence-corrected chi connectivity index (χ3v) is 5.17. The number of benzene rings is 1. The van der Waals surface area contributed by atoms with Gasteiger partial charge in [-0.15, -0.1) is 0 Å². The first-order valence-corrected chi connectivity index (χ1v) is 9.84. The summed E-state index contributed by atoms with van der Waals surface area (Å²) in [6.45, 7) is 3.88. The van der Waals surface area contributed by atoms with Crippen LogP contribution < -0.4 is 10.2 Å². The van der Waals surface area contributed by atoms with Crippen molar-refractivity contribution in [1.82, 2.24) is 9.88 Å². The van der Waals surface area contributed by atoms with Gasteiger partial charge in [0.2, 0.25) is 11.8 Å². The van der Waals surface area contributed by atoms with Crippen molar-refractivity contribution in [3.8, 4) is 0 Å². The Morgan fingerprint density at radius 2 is 1.66 bits per heavy atom. The van der Waals surface area contributed by atoms with E-state index < -0.39 is 5.91 Å². The van der Waals surface area contributed by atoms with Gasteiger partial charge in [-0.2, -0.15) is 0 Å². The number of Topliss-reactive ketones (excluding diaryl/α,β-unsaturated/α-hetero) is 1. The molecule has 1 N–H and O–H groups in total. The van der Waals surface area contributed by atoms with E-state index in [2.05, 4.69) is 15.2 Å². The molecule has 1 fully saturated rings. The monoisotopic (exact) mass is 434 g/mol. The largest absolute Gasteiger partial charge is 0.368 e. The fourth-order valence-electron chi connectivity index (χ4n) is 3.07. The van der Waals surface area contributed by atoms with Gasteiger partial charge >= 0.3 is 0 Å². The number of ketones is 1. The Labute approximate surface area is 178 Å². The number of piperazine rings is 1. The van der Waals surface area contributed by atoms with E-state index in [0.29, 0.717) is 37.4 Å². The second-order valence-electron chi connectivity index (χ2n) is 6.67. The fourth-order valence-corrected chi connectivity index (χ4v) is 3.46. The van der Waals surface area contributed by atoms with Crippen LogP contribution in [0.3, 0.4) is 0 Å². The van der Waals surface area contributed by atoms with E-state index in [1.807, 2.05) is 12.1 Å². The van der Waals surface area contributed by atoms with E-state index in [4.69, 9.17) is 23.2 Å². The molecule has 0 aliphatic carbocycles. The Morgan fingerprint density at radius 3 is 2.24 bits per heavy atom. The number of anilines is 2. The number of nitrogens with zero attached hydrogens (tertiary/aromatic N) is 3. The predicted molar refractivity (Wildman–Crippen MR) is 113 cm³/mol. The zero-order valence-corrected chi connectivity index (χ0v) is 17.3. The summed E-state index contributed by atoms with van der Waals surface area (Å²) in [6.07, 6.45) is -0.272. The van der Waals surface area contributed by atoms with Crippen LogP contribution in [0, 0.1) is 0 Å². The van der Waals surface area contributed by atoms with Crippen molar-refractivity contribution in [3.05, 3.63) is 52.3 Å². The molecule has 2 heterocycles. The lowest BCUT2D eigenvalue weighted by Crippen LogP contribution is -2.49. The zero-order chi connectivity index (χ0) is 21.0. The van der Waals surface area contributed by atoms with Gasteiger partial charge in [0.25, 0.3) is 0 Å². The lowest BCUT2D eigenvalue weighted by Gasteiger charge is -2.36. The number of hydrogen-bond donors (Lipinski definition) is 1. The number of rotatable bonds is 5. The number of pyridine rings is 1.